The molecule has 0 spiro atoms. The monoisotopic (exact) mass is 295 g/mol. The van der Waals surface area contributed by atoms with Gasteiger partial charge in [0.25, 0.3) is 0 Å². The second-order valence-electron chi connectivity index (χ2n) is 3.77. The number of rotatable bonds is 6. The fourth-order valence-electron chi connectivity index (χ4n) is 1.61. The van der Waals surface area contributed by atoms with Crippen LogP contribution in [0.4, 0.5) is 0 Å². The van der Waals surface area contributed by atoms with Crippen LogP contribution in [-0.4, -0.2) is 43.8 Å². The molecule has 0 aliphatic rings. The van der Waals surface area contributed by atoms with E-state index in [2.05, 4.69) is 10.2 Å². The Kier molecular flexibility index (Phi) is 4.59. The van der Waals surface area contributed by atoms with E-state index >= 15 is 0 Å². The molecule has 0 saturated carbocycles. The Morgan fingerprint density at radius 3 is 2.60 bits per heavy atom. The van der Waals surface area contributed by atoms with Crippen LogP contribution in [0.2, 0.25) is 0 Å². The molecule has 0 fully saturated rings. The van der Waals surface area contributed by atoms with Crippen LogP contribution < -0.4 is 4.74 Å². The van der Waals surface area contributed by atoms with Crippen LogP contribution in [0.5, 0.6) is 5.75 Å². The van der Waals surface area contributed by atoms with E-state index in [0.29, 0.717) is 16.7 Å². The van der Waals surface area contributed by atoms with Gasteiger partial charge >= 0.3 is 5.97 Å². The van der Waals surface area contributed by atoms with Gasteiger partial charge < -0.3 is 14.9 Å². The molecular formula is C12H13N3O4S. The molecule has 2 aromatic rings. The van der Waals surface area contributed by atoms with Crippen LogP contribution in [0.25, 0.3) is 5.69 Å². The minimum atomic E-state index is -0.940. The minimum Gasteiger partial charge on any atom is -0.497 e. The number of methoxy groups -OCH3 is 1. The topological polar surface area (TPSA) is 97.5 Å². The molecule has 0 atom stereocenters. The van der Waals surface area contributed by atoms with E-state index in [1.165, 1.54) is 0 Å². The third kappa shape index (κ3) is 3.09. The predicted octanol–water partition coefficient (Wildman–Crippen LogP) is 0.945. The number of aliphatic hydroxyl groups excluding tert-OH is 1. The smallest absolute Gasteiger partial charge is 0.313 e. The second-order valence-corrected chi connectivity index (χ2v) is 4.72. The summed E-state index contributed by atoms with van der Waals surface area (Å²) in [5, 5.41) is 26.2. The maximum Gasteiger partial charge on any atom is 0.313 e. The fourth-order valence-corrected chi connectivity index (χ4v) is 2.30. The quantitative estimate of drug-likeness (QED) is 0.765. The van der Waals surface area contributed by atoms with Crippen molar-refractivity contribution in [2.24, 2.45) is 0 Å². The SMILES string of the molecule is COc1ccc(-n2c(CO)nnc2SCC(=O)O)cc1. The fraction of sp³-hybridized carbons (Fsp3) is 0.250. The van der Waals surface area contributed by atoms with Gasteiger partial charge in [0.2, 0.25) is 0 Å². The molecule has 8 heteroatoms. The molecule has 2 N–H and O–H groups in total. The van der Waals surface area contributed by atoms with Crippen molar-refractivity contribution < 1.29 is 19.7 Å². The van der Waals surface area contributed by atoms with E-state index in [4.69, 9.17) is 9.84 Å². The predicted molar refractivity (Wildman–Crippen MR) is 72.2 cm³/mol. The van der Waals surface area contributed by atoms with Crippen LogP contribution in [0.1, 0.15) is 5.82 Å². The lowest BCUT2D eigenvalue weighted by atomic mass is 10.3. The van der Waals surface area contributed by atoms with Crippen molar-refractivity contribution in [1.29, 1.82) is 0 Å². The molecule has 0 amide bonds. The van der Waals surface area contributed by atoms with Gasteiger partial charge in [-0.15, -0.1) is 10.2 Å². The third-order valence-electron chi connectivity index (χ3n) is 2.50. The lowest BCUT2D eigenvalue weighted by Crippen LogP contribution is -2.05. The van der Waals surface area contributed by atoms with Crippen LogP contribution >= 0.6 is 11.8 Å². The first kappa shape index (κ1) is 14.4. The van der Waals surface area contributed by atoms with Crippen LogP contribution in [0.3, 0.4) is 0 Å². The largest absolute Gasteiger partial charge is 0.497 e. The first-order valence-corrected chi connectivity index (χ1v) is 6.68. The van der Waals surface area contributed by atoms with Gasteiger partial charge in [0.15, 0.2) is 11.0 Å². The summed E-state index contributed by atoms with van der Waals surface area (Å²) in [4.78, 5) is 10.6. The number of carbonyl (C=O) groups is 1. The zero-order valence-corrected chi connectivity index (χ0v) is 11.5. The molecule has 0 aliphatic carbocycles. The second kappa shape index (κ2) is 6.40. The average molecular weight is 295 g/mol. The summed E-state index contributed by atoms with van der Waals surface area (Å²) in [6.45, 7) is -0.285. The number of carboxylic acids is 1. The van der Waals surface area contributed by atoms with E-state index < -0.39 is 5.97 Å². The number of hydrogen-bond donors (Lipinski definition) is 2. The van der Waals surface area contributed by atoms with Crippen LogP contribution in [0.15, 0.2) is 29.4 Å². The Bertz CT molecular complexity index is 597. The number of aromatic nitrogens is 3. The molecule has 0 bridgehead atoms. The number of benzene rings is 1. The number of aliphatic carboxylic acids is 1. The molecule has 1 heterocycles. The maximum absolute atomic E-state index is 10.6. The van der Waals surface area contributed by atoms with Gasteiger partial charge in [0.1, 0.15) is 12.4 Å². The van der Waals surface area contributed by atoms with Crippen molar-refractivity contribution in [2.45, 2.75) is 11.8 Å². The Labute approximate surface area is 119 Å². The standard InChI is InChI=1S/C12H13N3O4S/c1-19-9-4-2-8(3-5-9)15-10(6-16)13-14-12(15)20-7-11(17)18/h2-5,16H,6-7H2,1H3,(H,17,18). The van der Waals surface area contributed by atoms with Gasteiger partial charge in [-0.05, 0) is 24.3 Å². The molecule has 1 aromatic carbocycles. The highest BCUT2D eigenvalue weighted by Crippen LogP contribution is 2.23. The van der Waals surface area contributed by atoms with Crippen LogP contribution in [0, 0.1) is 0 Å². The Morgan fingerprint density at radius 2 is 2.05 bits per heavy atom. The van der Waals surface area contributed by atoms with Gasteiger partial charge in [-0.25, -0.2) is 0 Å². The summed E-state index contributed by atoms with van der Waals surface area (Å²) in [6.07, 6.45) is 0. The first-order chi connectivity index (χ1) is 9.65. The Morgan fingerprint density at radius 1 is 1.35 bits per heavy atom. The van der Waals surface area contributed by atoms with Crippen molar-refractivity contribution in [2.75, 3.05) is 12.9 Å². The van der Waals surface area contributed by atoms with Crippen molar-refractivity contribution in [3.8, 4) is 11.4 Å². The third-order valence-corrected chi connectivity index (χ3v) is 3.41. The lowest BCUT2D eigenvalue weighted by Gasteiger charge is -2.09. The molecule has 1 aromatic heterocycles. The van der Waals surface area contributed by atoms with E-state index in [1.807, 2.05) is 0 Å². The number of ether oxygens (including phenoxy) is 1. The summed E-state index contributed by atoms with van der Waals surface area (Å²) < 4.78 is 6.70. The van der Waals surface area contributed by atoms with Crippen LogP contribution in [-0.2, 0) is 11.4 Å². The molecule has 0 radical (unpaired) electrons. The zero-order valence-electron chi connectivity index (χ0n) is 10.7. The van der Waals surface area contributed by atoms with Gasteiger partial charge in [-0.3, -0.25) is 9.36 Å². The summed E-state index contributed by atoms with van der Waals surface area (Å²) in [5.41, 5.74) is 0.729. The Balaban J connectivity index is 2.36. The summed E-state index contributed by atoms with van der Waals surface area (Å²) in [7, 11) is 1.57. The summed E-state index contributed by atoms with van der Waals surface area (Å²) >= 11 is 1.04. The molecule has 7 nitrogen and oxygen atoms in total. The molecule has 2 rings (SSSR count). The highest BCUT2D eigenvalue weighted by Gasteiger charge is 2.15. The van der Waals surface area contributed by atoms with E-state index in [0.717, 1.165) is 17.4 Å². The molecule has 0 unspecified atom stereocenters. The number of thioether (sulfide) groups is 1. The summed E-state index contributed by atoms with van der Waals surface area (Å²) in [6, 6.07) is 7.10. The zero-order chi connectivity index (χ0) is 14.5. The van der Waals surface area contributed by atoms with E-state index in [-0.39, 0.29) is 12.4 Å². The summed E-state index contributed by atoms with van der Waals surface area (Å²) in [5.74, 6) is -0.0142. The van der Waals surface area contributed by atoms with Crippen molar-refractivity contribution in [3.63, 3.8) is 0 Å². The van der Waals surface area contributed by atoms with E-state index in [9.17, 15) is 9.90 Å². The van der Waals surface area contributed by atoms with Gasteiger partial charge in [0, 0.05) is 5.69 Å². The Hall–Kier alpha value is -2.06. The normalized spacial score (nSPS) is 10.5. The van der Waals surface area contributed by atoms with Crippen molar-refractivity contribution in [1.82, 2.24) is 14.8 Å². The molecule has 0 saturated heterocycles. The number of carboxylic acid groups (broad SMARTS) is 1. The molecule has 20 heavy (non-hydrogen) atoms. The van der Waals surface area contributed by atoms with Gasteiger partial charge in [-0.2, -0.15) is 0 Å². The number of hydrogen-bond acceptors (Lipinski definition) is 6. The van der Waals surface area contributed by atoms with Gasteiger partial charge in [-0.1, -0.05) is 11.8 Å². The highest BCUT2D eigenvalue weighted by molar-refractivity contribution is 7.99. The number of aliphatic hydroxyl groups is 1. The molecule has 106 valence electrons. The maximum atomic E-state index is 10.6. The lowest BCUT2D eigenvalue weighted by molar-refractivity contribution is -0.133. The molecular weight excluding hydrogens is 282 g/mol. The van der Waals surface area contributed by atoms with E-state index in [1.54, 1.807) is 35.9 Å². The minimum absolute atomic E-state index is 0.125. The average Bonchev–Trinajstić information content (AvgIpc) is 2.88. The highest BCUT2D eigenvalue weighted by atomic mass is 32.2. The van der Waals surface area contributed by atoms with Crippen molar-refractivity contribution >= 4 is 17.7 Å². The first-order valence-electron chi connectivity index (χ1n) is 5.70. The van der Waals surface area contributed by atoms with Gasteiger partial charge in [0.05, 0.1) is 12.9 Å². The molecule has 0 aliphatic heterocycles. The number of nitrogens with zero attached hydrogens (tertiary/aromatic N) is 3. The van der Waals surface area contributed by atoms with Crippen molar-refractivity contribution in [3.05, 3.63) is 30.1 Å².